The fourth-order valence-electron chi connectivity index (χ4n) is 4.03. The quantitative estimate of drug-likeness (QED) is 0.822. The van der Waals surface area contributed by atoms with Gasteiger partial charge in [-0.2, -0.15) is 5.26 Å². The van der Waals surface area contributed by atoms with Crippen molar-refractivity contribution in [2.24, 2.45) is 5.41 Å². The predicted molar refractivity (Wildman–Crippen MR) is 97.9 cm³/mol. The first-order valence-electron chi connectivity index (χ1n) is 9.18. The van der Waals surface area contributed by atoms with Crippen LogP contribution in [0.2, 0.25) is 0 Å². The molecule has 0 aliphatic carbocycles. The minimum absolute atomic E-state index is 0.114. The molecule has 1 amide bonds. The molecule has 25 heavy (non-hydrogen) atoms. The van der Waals surface area contributed by atoms with Crippen LogP contribution in [0.3, 0.4) is 0 Å². The Morgan fingerprint density at radius 1 is 1.20 bits per heavy atom. The lowest BCUT2D eigenvalue weighted by molar-refractivity contribution is -0.138. The summed E-state index contributed by atoms with van der Waals surface area (Å²) in [5.74, 6) is 0.375. The molecule has 3 rings (SSSR count). The highest BCUT2D eigenvalue weighted by Gasteiger charge is 2.47. The van der Waals surface area contributed by atoms with Crippen molar-refractivity contribution in [1.29, 1.82) is 5.26 Å². The molecule has 0 saturated carbocycles. The van der Waals surface area contributed by atoms with Crippen LogP contribution in [0.15, 0.2) is 24.3 Å². The van der Waals surface area contributed by atoms with Crippen LogP contribution in [0.5, 0.6) is 0 Å². The number of benzene rings is 1. The number of nitriles is 1. The third-order valence-electron chi connectivity index (χ3n) is 5.69. The number of rotatable bonds is 5. The van der Waals surface area contributed by atoms with E-state index in [1.165, 1.54) is 5.56 Å². The van der Waals surface area contributed by atoms with Crippen molar-refractivity contribution in [2.75, 3.05) is 46.8 Å². The Bertz CT molecular complexity index is 656. The summed E-state index contributed by atoms with van der Waals surface area (Å²) in [6, 6.07) is 10.0. The normalized spacial score (nSPS) is 20.4. The molecule has 2 fully saturated rings. The van der Waals surface area contributed by atoms with Crippen molar-refractivity contribution < 1.29 is 4.79 Å². The van der Waals surface area contributed by atoms with Gasteiger partial charge >= 0.3 is 0 Å². The molecule has 1 aromatic carbocycles. The van der Waals surface area contributed by atoms with E-state index in [4.69, 9.17) is 5.26 Å². The zero-order valence-electron chi connectivity index (χ0n) is 15.4. The van der Waals surface area contributed by atoms with Gasteiger partial charge in [-0.1, -0.05) is 12.1 Å². The molecule has 1 spiro atoms. The maximum absolute atomic E-state index is 12.9. The molecular formula is C20H28N4O. The molecule has 2 saturated heterocycles. The molecule has 0 unspecified atom stereocenters. The van der Waals surface area contributed by atoms with Crippen molar-refractivity contribution >= 4 is 5.91 Å². The molecule has 0 aromatic heterocycles. The summed E-state index contributed by atoms with van der Waals surface area (Å²) >= 11 is 0. The van der Waals surface area contributed by atoms with E-state index in [1.807, 2.05) is 18.2 Å². The molecule has 0 bridgehead atoms. The molecular weight excluding hydrogens is 312 g/mol. The summed E-state index contributed by atoms with van der Waals surface area (Å²) in [7, 11) is 4.10. The average Bonchev–Trinajstić information content (AvgIpc) is 2.91. The van der Waals surface area contributed by atoms with Crippen LogP contribution in [0.25, 0.3) is 0 Å². The largest absolute Gasteiger partial charge is 0.341 e. The van der Waals surface area contributed by atoms with Crippen LogP contribution in [-0.2, 0) is 11.3 Å². The third kappa shape index (κ3) is 4.02. The van der Waals surface area contributed by atoms with E-state index in [0.29, 0.717) is 11.5 Å². The van der Waals surface area contributed by atoms with Crippen LogP contribution >= 0.6 is 0 Å². The van der Waals surface area contributed by atoms with Gasteiger partial charge in [-0.05, 0) is 64.1 Å². The van der Waals surface area contributed by atoms with Gasteiger partial charge in [0.25, 0.3) is 0 Å². The van der Waals surface area contributed by atoms with E-state index in [1.54, 1.807) is 0 Å². The van der Waals surface area contributed by atoms with E-state index in [-0.39, 0.29) is 5.41 Å². The first kappa shape index (κ1) is 17.9. The van der Waals surface area contributed by atoms with E-state index in [0.717, 1.165) is 58.5 Å². The number of likely N-dealkylation sites (tertiary alicyclic amines) is 2. The Labute approximate surface area is 150 Å². The van der Waals surface area contributed by atoms with Gasteiger partial charge in [-0.3, -0.25) is 9.69 Å². The van der Waals surface area contributed by atoms with E-state index < -0.39 is 0 Å². The molecule has 1 aromatic rings. The number of nitrogens with zero attached hydrogens (tertiary/aromatic N) is 4. The van der Waals surface area contributed by atoms with Gasteiger partial charge in [0, 0.05) is 26.2 Å². The predicted octanol–water partition coefficient (Wildman–Crippen LogP) is 1.93. The Morgan fingerprint density at radius 3 is 2.60 bits per heavy atom. The summed E-state index contributed by atoms with van der Waals surface area (Å²) in [4.78, 5) is 19.5. The highest BCUT2D eigenvalue weighted by atomic mass is 16.2. The van der Waals surface area contributed by atoms with Gasteiger partial charge in [0.05, 0.1) is 17.0 Å². The topological polar surface area (TPSA) is 50.6 Å². The van der Waals surface area contributed by atoms with E-state index in [2.05, 4.69) is 40.9 Å². The summed E-state index contributed by atoms with van der Waals surface area (Å²) in [5, 5.41) is 9.03. The zero-order valence-corrected chi connectivity index (χ0v) is 15.4. The smallest absolute Gasteiger partial charge is 0.228 e. The standard InChI is InChI=1S/C20H28N4O/c1-22(2)12-13-24-11-8-20(19(24)25)6-9-23(10-7-20)16-18-5-3-4-17(14-18)15-21/h3-5,14H,6-13,16H2,1-2H3. The van der Waals surface area contributed by atoms with Gasteiger partial charge in [-0.15, -0.1) is 0 Å². The zero-order chi connectivity index (χ0) is 17.9. The highest BCUT2D eigenvalue weighted by molar-refractivity contribution is 5.85. The van der Waals surface area contributed by atoms with Crippen molar-refractivity contribution in [3.8, 4) is 6.07 Å². The van der Waals surface area contributed by atoms with Gasteiger partial charge in [0.2, 0.25) is 5.91 Å². The van der Waals surface area contributed by atoms with E-state index in [9.17, 15) is 4.79 Å². The number of carbonyl (C=O) groups excluding carboxylic acids is 1. The summed E-state index contributed by atoms with van der Waals surface area (Å²) in [6.07, 6.45) is 2.93. The Balaban J connectivity index is 1.55. The molecule has 2 aliphatic rings. The van der Waals surface area contributed by atoms with E-state index >= 15 is 0 Å². The minimum atomic E-state index is -0.114. The molecule has 5 nitrogen and oxygen atoms in total. The number of hydrogen-bond donors (Lipinski definition) is 0. The van der Waals surface area contributed by atoms with Crippen LogP contribution in [-0.4, -0.2) is 67.4 Å². The van der Waals surface area contributed by atoms with Gasteiger partial charge in [0.15, 0.2) is 0 Å². The maximum atomic E-state index is 12.9. The minimum Gasteiger partial charge on any atom is -0.341 e. The van der Waals surface area contributed by atoms with Crippen molar-refractivity contribution in [2.45, 2.75) is 25.8 Å². The second-order valence-corrected chi connectivity index (χ2v) is 7.71. The summed E-state index contributed by atoms with van der Waals surface area (Å²) in [5.41, 5.74) is 1.78. The summed E-state index contributed by atoms with van der Waals surface area (Å²) < 4.78 is 0. The molecule has 2 aliphatic heterocycles. The lowest BCUT2D eigenvalue weighted by atomic mass is 9.77. The number of carbonyl (C=O) groups is 1. The molecule has 134 valence electrons. The fraction of sp³-hybridized carbons (Fsp3) is 0.600. The number of amides is 1. The summed E-state index contributed by atoms with van der Waals surface area (Å²) in [6.45, 7) is 5.48. The van der Waals surface area contributed by atoms with Crippen LogP contribution in [0, 0.1) is 16.7 Å². The highest BCUT2D eigenvalue weighted by Crippen LogP contribution is 2.41. The Hall–Kier alpha value is -1.90. The maximum Gasteiger partial charge on any atom is 0.228 e. The SMILES string of the molecule is CN(C)CCN1CCC2(CCN(Cc3cccc(C#N)c3)CC2)C1=O. The molecule has 0 N–H and O–H groups in total. The second kappa shape index (κ2) is 7.55. The molecule has 2 heterocycles. The average molecular weight is 340 g/mol. The third-order valence-corrected chi connectivity index (χ3v) is 5.69. The molecule has 0 radical (unpaired) electrons. The van der Waals surface area contributed by atoms with Crippen LogP contribution in [0.4, 0.5) is 0 Å². The van der Waals surface area contributed by atoms with Crippen LogP contribution in [0.1, 0.15) is 30.4 Å². The van der Waals surface area contributed by atoms with Crippen molar-refractivity contribution in [1.82, 2.24) is 14.7 Å². The number of likely N-dealkylation sites (N-methyl/N-ethyl adjacent to an activating group) is 1. The number of piperidine rings is 1. The monoisotopic (exact) mass is 340 g/mol. The van der Waals surface area contributed by atoms with Crippen LogP contribution < -0.4 is 0 Å². The van der Waals surface area contributed by atoms with Gasteiger partial charge < -0.3 is 9.80 Å². The first-order valence-corrected chi connectivity index (χ1v) is 9.18. The Kier molecular flexibility index (Phi) is 5.41. The van der Waals surface area contributed by atoms with Gasteiger partial charge in [0.1, 0.15) is 0 Å². The fourth-order valence-corrected chi connectivity index (χ4v) is 4.03. The van der Waals surface area contributed by atoms with Crippen molar-refractivity contribution in [3.05, 3.63) is 35.4 Å². The lowest BCUT2D eigenvalue weighted by Gasteiger charge is -2.38. The molecule has 5 heteroatoms. The first-order chi connectivity index (χ1) is 12.0. The van der Waals surface area contributed by atoms with Crippen molar-refractivity contribution in [3.63, 3.8) is 0 Å². The lowest BCUT2D eigenvalue weighted by Crippen LogP contribution is -2.45. The molecule has 0 atom stereocenters. The van der Waals surface area contributed by atoms with Gasteiger partial charge in [-0.25, -0.2) is 0 Å². The Morgan fingerprint density at radius 2 is 1.92 bits per heavy atom. The number of hydrogen-bond acceptors (Lipinski definition) is 4. The second-order valence-electron chi connectivity index (χ2n) is 7.71.